The maximum atomic E-state index is 12.4. The van der Waals surface area contributed by atoms with Crippen LogP contribution in [0.15, 0.2) is 0 Å². The molecule has 0 radical (unpaired) electrons. The van der Waals surface area contributed by atoms with Gasteiger partial charge in [-0.2, -0.15) is 0 Å². The Hall–Kier alpha value is -0.570. The number of amides is 1. The van der Waals surface area contributed by atoms with Gasteiger partial charge in [0.1, 0.15) is 0 Å². The van der Waals surface area contributed by atoms with Gasteiger partial charge >= 0.3 is 0 Å². The van der Waals surface area contributed by atoms with E-state index >= 15 is 0 Å². The van der Waals surface area contributed by atoms with Crippen molar-refractivity contribution in [1.82, 2.24) is 4.90 Å². The van der Waals surface area contributed by atoms with Gasteiger partial charge in [0.2, 0.25) is 5.91 Å². The topological polar surface area (TPSA) is 29.5 Å². The minimum Gasteiger partial charge on any atom is -0.381 e. The lowest BCUT2D eigenvalue weighted by molar-refractivity contribution is -0.135. The van der Waals surface area contributed by atoms with Crippen molar-refractivity contribution in [2.45, 2.75) is 60.3 Å². The molecule has 0 N–H and O–H groups in total. The molecule has 2 aliphatic heterocycles. The molecule has 3 heteroatoms. The van der Waals surface area contributed by atoms with E-state index in [1.165, 1.54) is 0 Å². The lowest BCUT2D eigenvalue weighted by atomic mass is 9.74. The first-order valence-electron chi connectivity index (χ1n) is 8.55. The van der Waals surface area contributed by atoms with E-state index in [4.69, 9.17) is 4.74 Å². The van der Waals surface area contributed by atoms with Crippen LogP contribution < -0.4 is 0 Å². The molecule has 1 amide bonds. The zero-order valence-corrected chi connectivity index (χ0v) is 14.6. The molecule has 122 valence electrons. The van der Waals surface area contributed by atoms with E-state index < -0.39 is 0 Å². The van der Waals surface area contributed by atoms with Gasteiger partial charge in [-0.3, -0.25) is 4.79 Å². The number of hydrogen-bond donors (Lipinski definition) is 0. The second-order valence-electron chi connectivity index (χ2n) is 8.74. The molecule has 0 aliphatic carbocycles. The monoisotopic (exact) mass is 295 g/mol. The third-order valence-corrected chi connectivity index (χ3v) is 5.80. The van der Waals surface area contributed by atoms with Crippen LogP contribution in [0.1, 0.15) is 60.3 Å². The smallest absolute Gasteiger partial charge is 0.222 e. The third kappa shape index (κ3) is 4.21. The predicted molar refractivity (Wildman–Crippen MR) is 86.1 cm³/mol. The highest BCUT2D eigenvalue weighted by Gasteiger charge is 2.36. The standard InChI is InChI=1S/C18H33NO2/c1-17(2,3)14-7-10-19(11-8-14)16(20)6-9-18(4,5)15-12-21-13-15/h14-15H,6-13H2,1-5H3. The molecular weight excluding hydrogens is 262 g/mol. The Morgan fingerprint density at radius 3 is 2.05 bits per heavy atom. The highest BCUT2D eigenvalue weighted by atomic mass is 16.5. The van der Waals surface area contributed by atoms with Crippen LogP contribution in [0.4, 0.5) is 0 Å². The van der Waals surface area contributed by atoms with Crippen LogP contribution in [0.25, 0.3) is 0 Å². The number of carbonyl (C=O) groups excluding carboxylic acids is 1. The first-order chi connectivity index (χ1) is 9.70. The van der Waals surface area contributed by atoms with Gasteiger partial charge in [-0.1, -0.05) is 34.6 Å². The Kier molecular flexibility index (Phi) is 5.02. The Morgan fingerprint density at radius 2 is 1.62 bits per heavy atom. The molecule has 0 bridgehead atoms. The maximum Gasteiger partial charge on any atom is 0.222 e. The minimum absolute atomic E-state index is 0.234. The van der Waals surface area contributed by atoms with Crippen LogP contribution in [-0.4, -0.2) is 37.1 Å². The summed E-state index contributed by atoms with van der Waals surface area (Å²) in [6, 6.07) is 0. The van der Waals surface area contributed by atoms with Gasteiger partial charge in [0.15, 0.2) is 0 Å². The normalized spacial score (nSPS) is 22.2. The molecule has 0 aromatic carbocycles. The van der Waals surface area contributed by atoms with Gasteiger partial charge in [-0.05, 0) is 36.0 Å². The largest absolute Gasteiger partial charge is 0.381 e. The molecule has 2 saturated heterocycles. The van der Waals surface area contributed by atoms with Gasteiger partial charge < -0.3 is 9.64 Å². The number of ether oxygens (including phenoxy) is 1. The van der Waals surface area contributed by atoms with Gasteiger partial charge in [-0.15, -0.1) is 0 Å². The molecule has 2 fully saturated rings. The average Bonchev–Trinajstić information content (AvgIpc) is 2.32. The lowest BCUT2D eigenvalue weighted by Crippen LogP contribution is -2.43. The molecule has 21 heavy (non-hydrogen) atoms. The summed E-state index contributed by atoms with van der Waals surface area (Å²) in [5.41, 5.74) is 0.610. The SMILES string of the molecule is CC(C)(C)C1CCN(C(=O)CCC(C)(C)C2COC2)CC1. The Morgan fingerprint density at radius 1 is 1.05 bits per heavy atom. The highest BCUT2D eigenvalue weighted by Crippen LogP contribution is 2.37. The van der Waals surface area contributed by atoms with E-state index in [-0.39, 0.29) is 5.41 Å². The van der Waals surface area contributed by atoms with E-state index in [1.807, 2.05) is 0 Å². The minimum atomic E-state index is 0.234. The molecule has 0 aromatic heterocycles. The molecule has 0 aromatic rings. The number of nitrogens with zero attached hydrogens (tertiary/aromatic N) is 1. The molecule has 2 aliphatic rings. The van der Waals surface area contributed by atoms with Crippen molar-refractivity contribution < 1.29 is 9.53 Å². The quantitative estimate of drug-likeness (QED) is 0.791. The van der Waals surface area contributed by atoms with Crippen molar-refractivity contribution in [3.63, 3.8) is 0 Å². The van der Waals surface area contributed by atoms with Crippen molar-refractivity contribution in [2.75, 3.05) is 26.3 Å². The summed E-state index contributed by atoms with van der Waals surface area (Å²) in [7, 11) is 0. The van der Waals surface area contributed by atoms with Crippen molar-refractivity contribution >= 4 is 5.91 Å². The summed E-state index contributed by atoms with van der Waals surface area (Å²) in [4.78, 5) is 14.5. The summed E-state index contributed by atoms with van der Waals surface area (Å²) >= 11 is 0. The number of hydrogen-bond acceptors (Lipinski definition) is 2. The first-order valence-corrected chi connectivity index (χ1v) is 8.55. The zero-order chi connectivity index (χ0) is 15.7. The van der Waals surface area contributed by atoms with E-state index in [0.29, 0.717) is 23.7 Å². The molecular formula is C18H33NO2. The highest BCUT2D eigenvalue weighted by molar-refractivity contribution is 5.76. The average molecular weight is 295 g/mol. The number of rotatable bonds is 4. The molecule has 0 saturated carbocycles. The van der Waals surface area contributed by atoms with Gasteiger partial charge in [-0.25, -0.2) is 0 Å². The van der Waals surface area contributed by atoms with Crippen LogP contribution in [-0.2, 0) is 9.53 Å². The molecule has 2 heterocycles. The lowest BCUT2D eigenvalue weighted by Gasteiger charge is -2.41. The summed E-state index contributed by atoms with van der Waals surface area (Å²) in [5, 5.41) is 0. The van der Waals surface area contributed by atoms with Crippen molar-refractivity contribution in [3.05, 3.63) is 0 Å². The number of carbonyl (C=O) groups is 1. The Labute approximate surface area is 130 Å². The summed E-state index contributed by atoms with van der Waals surface area (Å²) in [6.45, 7) is 15.2. The van der Waals surface area contributed by atoms with Crippen LogP contribution in [0.3, 0.4) is 0 Å². The Bertz CT molecular complexity index is 358. The third-order valence-electron chi connectivity index (χ3n) is 5.80. The fraction of sp³-hybridized carbons (Fsp3) is 0.944. The van der Waals surface area contributed by atoms with E-state index in [0.717, 1.165) is 51.5 Å². The Balaban J connectivity index is 1.75. The predicted octanol–water partition coefficient (Wildman–Crippen LogP) is 3.72. The van der Waals surface area contributed by atoms with E-state index in [1.54, 1.807) is 0 Å². The van der Waals surface area contributed by atoms with Crippen LogP contribution >= 0.6 is 0 Å². The summed E-state index contributed by atoms with van der Waals surface area (Å²) < 4.78 is 5.29. The fourth-order valence-electron chi connectivity index (χ4n) is 3.47. The second kappa shape index (κ2) is 6.28. The molecule has 0 atom stereocenters. The molecule has 0 spiro atoms. The number of piperidine rings is 1. The van der Waals surface area contributed by atoms with Gasteiger partial charge in [0.25, 0.3) is 0 Å². The second-order valence-corrected chi connectivity index (χ2v) is 8.74. The van der Waals surface area contributed by atoms with Crippen LogP contribution in [0, 0.1) is 22.7 Å². The van der Waals surface area contributed by atoms with Crippen molar-refractivity contribution in [1.29, 1.82) is 0 Å². The fourth-order valence-corrected chi connectivity index (χ4v) is 3.47. The maximum absolute atomic E-state index is 12.4. The van der Waals surface area contributed by atoms with E-state index in [9.17, 15) is 4.79 Å². The first kappa shape index (κ1) is 16.8. The van der Waals surface area contributed by atoms with Crippen molar-refractivity contribution in [2.24, 2.45) is 22.7 Å². The number of likely N-dealkylation sites (tertiary alicyclic amines) is 1. The van der Waals surface area contributed by atoms with E-state index in [2.05, 4.69) is 39.5 Å². The molecule has 2 rings (SSSR count). The van der Waals surface area contributed by atoms with Crippen LogP contribution in [0.5, 0.6) is 0 Å². The summed E-state index contributed by atoms with van der Waals surface area (Å²) in [6.07, 6.45) is 4.01. The van der Waals surface area contributed by atoms with Gasteiger partial charge in [0.05, 0.1) is 13.2 Å². The zero-order valence-electron chi connectivity index (χ0n) is 14.6. The molecule has 0 unspecified atom stereocenters. The van der Waals surface area contributed by atoms with Crippen LogP contribution in [0.2, 0.25) is 0 Å². The molecule has 3 nitrogen and oxygen atoms in total. The summed E-state index contributed by atoms with van der Waals surface area (Å²) in [5.74, 6) is 1.75. The van der Waals surface area contributed by atoms with Gasteiger partial charge in [0, 0.05) is 25.4 Å². The van der Waals surface area contributed by atoms with Crippen molar-refractivity contribution in [3.8, 4) is 0 Å².